The molecule has 2 bridgehead atoms. The Bertz CT molecular complexity index is 1230. The molecule has 4 aliphatic rings. The van der Waals surface area contributed by atoms with Crippen molar-refractivity contribution >= 4 is 22.0 Å². The Kier molecular flexibility index (Phi) is 6.35. The topological polar surface area (TPSA) is 108 Å². The highest BCUT2D eigenvalue weighted by molar-refractivity contribution is 7.89. The number of carbonyl (C=O) groups is 2. The highest BCUT2D eigenvalue weighted by Gasteiger charge is 2.50. The minimum absolute atomic E-state index is 0.0936. The van der Waals surface area contributed by atoms with Gasteiger partial charge in [0.15, 0.2) is 0 Å². The third kappa shape index (κ3) is 4.69. The summed E-state index contributed by atoms with van der Waals surface area (Å²) in [5, 5.41) is 3.31. The average Bonchev–Trinajstić information content (AvgIpc) is 2.87. The molecule has 1 atom stereocenters. The fraction of sp³-hybridized carbons (Fsp3) is 0.360. The van der Waals surface area contributed by atoms with Crippen molar-refractivity contribution in [2.45, 2.75) is 36.4 Å². The zero-order valence-corrected chi connectivity index (χ0v) is 20.0. The number of rotatable bonds is 4. The van der Waals surface area contributed by atoms with Crippen molar-refractivity contribution in [3.63, 3.8) is 0 Å². The molecule has 10 heteroatoms. The van der Waals surface area contributed by atoms with Crippen molar-refractivity contribution < 1.29 is 22.7 Å². The van der Waals surface area contributed by atoms with Gasteiger partial charge < -0.3 is 10.1 Å². The monoisotopic (exact) mass is 496 g/mol. The molecule has 1 unspecified atom stereocenters. The van der Waals surface area contributed by atoms with Crippen LogP contribution in [0.15, 0.2) is 71.9 Å². The summed E-state index contributed by atoms with van der Waals surface area (Å²) < 4.78 is 34.8. The van der Waals surface area contributed by atoms with Crippen molar-refractivity contribution in [1.82, 2.24) is 19.8 Å². The Morgan fingerprint density at radius 1 is 1.03 bits per heavy atom. The van der Waals surface area contributed by atoms with E-state index in [1.807, 2.05) is 30.3 Å². The molecule has 2 amide bonds. The molecule has 184 valence electrons. The second-order valence-corrected chi connectivity index (χ2v) is 10.8. The van der Waals surface area contributed by atoms with Gasteiger partial charge in [-0.3, -0.25) is 14.6 Å². The van der Waals surface area contributed by atoms with Crippen LogP contribution >= 0.6 is 0 Å². The van der Waals surface area contributed by atoms with Crippen molar-refractivity contribution in [1.29, 1.82) is 0 Å². The zero-order valence-electron chi connectivity index (χ0n) is 19.2. The standard InChI is InChI=1S/C25H28N4O5S/c30-23-17-28(24(31)34-18-20-4-2-1-3-5-20)14-15-29(23)25(21-10-12-26-13-11-21)16-19-6-8-22(9-7-19)35(32,33)27-25/h1-9,14-15,21,26-27H,10-13,16-18H2. The molecule has 0 aliphatic carbocycles. The van der Waals surface area contributed by atoms with Crippen LogP contribution in [0.4, 0.5) is 4.79 Å². The summed E-state index contributed by atoms with van der Waals surface area (Å²) in [4.78, 5) is 29.0. The van der Waals surface area contributed by atoms with E-state index in [4.69, 9.17) is 4.74 Å². The molecule has 0 saturated carbocycles. The maximum atomic E-state index is 13.5. The number of carbonyl (C=O) groups excluding carboxylic acids is 2. The minimum Gasteiger partial charge on any atom is -0.444 e. The van der Waals surface area contributed by atoms with E-state index in [1.165, 1.54) is 22.2 Å². The van der Waals surface area contributed by atoms with Gasteiger partial charge in [-0.15, -0.1) is 0 Å². The summed E-state index contributed by atoms with van der Waals surface area (Å²) in [6, 6.07) is 16.1. The number of benzene rings is 2. The minimum atomic E-state index is -3.87. The molecule has 4 heterocycles. The van der Waals surface area contributed by atoms with E-state index >= 15 is 0 Å². The first kappa shape index (κ1) is 23.5. The first-order chi connectivity index (χ1) is 16.9. The van der Waals surface area contributed by atoms with Crippen LogP contribution in [0.3, 0.4) is 0 Å². The van der Waals surface area contributed by atoms with Crippen LogP contribution in [-0.4, -0.2) is 55.5 Å². The number of amides is 2. The van der Waals surface area contributed by atoms with Gasteiger partial charge in [0.05, 0.1) is 4.90 Å². The highest BCUT2D eigenvalue weighted by Crippen LogP contribution is 2.37. The Hall–Kier alpha value is -3.21. The second kappa shape index (κ2) is 9.44. The molecule has 6 rings (SSSR count). The Balaban J connectivity index is 1.43. The number of fused-ring (bicyclic) bond motifs is 5. The molecule has 2 aromatic carbocycles. The van der Waals surface area contributed by atoms with Crippen molar-refractivity contribution in [2.75, 3.05) is 19.6 Å². The first-order valence-electron chi connectivity index (χ1n) is 11.7. The van der Waals surface area contributed by atoms with Crippen LogP contribution in [-0.2, 0) is 32.6 Å². The normalized spacial score (nSPS) is 24.2. The predicted octanol–water partition coefficient (Wildman–Crippen LogP) is 2.17. The average molecular weight is 497 g/mol. The molecular weight excluding hydrogens is 468 g/mol. The summed E-state index contributed by atoms with van der Waals surface area (Å²) in [6.45, 7) is 1.32. The predicted molar refractivity (Wildman–Crippen MR) is 128 cm³/mol. The fourth-order valence-corrected chi connectivity index (χ4v) is 6.49. The van der Waals surface area contributed by atoms with Gasteiger partial charge in [-0.25, -0.2) is 13.2 Å². The van der Waals surface area contributed by atoms with E-state index in [1.54, 1.807) is 24.3 Å². The Morgan fingerprint density at radius 2 is 1.74 bits per heavy atom. The SMILES string of the molecule is O=C(OCc1ccccc1)N1C=CN(C2(C3CCNCC3)Cc3ccc(cc3)S(=O)(=O)N2)C(=O)C1. The summed E-state index contributed by atoms with van der Waals surface area (Å²) in [7, 11) is -3.87. The largest absolute Gasteiger partial charge is 0.444 e. The Labute approximate surface area is 204 Å². The van der Waals surface area contributed by atoms with Gasteiger partial charge in [0.25, 0.3) is 0 Å². The Morgan fingerprint density at radius 3 is 2.43 bits per heavy atom. The molecule has 0 spiro atoms. The van der Waals surface area contributed by atoms with E-state index in [2.05, 4.69) is 10.0 Å². The molecule has 0 radical (unpaired) electrons. The molecule has 2 aromatic rings. The lowest BCUT2D eigenvalue weighted by Gasteiger charge is -2.50. The van der Waals surface area contributed by atoms with Crippen LogP contribution < -0.4 is 10.0 Å². The van der Waals surface area contributed by atoms with Crippen molar-refractivity contribution in [3.8, 4) is 0 Å². The van der Waals surface area contributed by atoms with E-state index in [9.17, 15) is 18.0 Å². The molecule has 0 aromatic heterocycles. The zero-order chi connectivity index (χ0) is 24.5. The summed E-state index contributed by atoms with van der Waals surface area (Å²) in [5.41, 5.74) is 0.597. The quantitative estimate of drug-likeness (QED) is 0.672. The third-order valence-corrected chi connectivity index (χ3v) is 8.39. The number of hydrogen-bond donors (Lipinski definition) is 2. The molecule has 4 aliphatic heterocycles. The lowest BCUT2D eigenvalue weighted by atomic mass is 9.79. The molecule has 35 heavy (non-hydrogen) atoms. The number of nitrogens with one attached hydrogen (secondary N) is 2. The van der Waals surface area contributed by atoms with Gasteiger partial charge in [-0.1, -0.05) is 42.5 Å². The maximum absolute atomic E-state index is 13.5. The lowest BCUT2D eigenvalue weighted by molar-refractivity contribution is -0.139. The van der Waals surface area contributed by atoms with Crippen LogP contribution in [0, 0.1) is 5.92 Å². The molecule has 9 nitrogen and oxygen atoms in total. The number of sulfonamides is 1. The molecule has 1 fully saturated rings. The number of piperidine rings is 1. The highest BCUT2D eigenvalue weighted by atomic mass is 32.2. The van der Waals surface area contributed by atoms with Crippen molar-refractivity contribution in [3.05, 3.63) is 78.1 Å². The summed E-state index contributed by atoms with van der Waals surface area (Å²) in [5.74, 6) is -0.488. The lowest BCUT2D eigenvalue weighted by Crippen LogP contribution is -2.68. The molecular formula is C25H28N4O5S. The van der Waals surface area contributed by atoms with Crippen LogP contribution in [0.25, 0.3) is 0 Å². The number of ether oxygens (including phenoxy) is 1. The molecule has 2 N–H and O–H groups in total. The first-order valence-corrected chi connectivity index (χ1v) is 13.2. The molecule has 1 saturated heterocycles. The van der Waals surface area contributed by atoms with Crippen LogP contribution in [0.1, 0.15) is 24.0 Å². The number of nitrogens with zero attached hydrogens (tertiary/aromatic N) is 2. The van der Waals surface area contributed by atoms with Gasteiger partial charge in [-0.2, -0.15) is 4.72 Å². The van der Waals surface area contributed by atoms with E-state index in [-0.39, 0.29) is 29.9 Å². The van der Waals surface area contributed by atoms with Gasteiger partial charge in [-0.05, 0) is 55.1 Å². The van der Waals surface area contributed by atoms with E-state index in [0.717, 1.165) is 24.2 Å². The third-order valence-electron chi connectivity index (χ3n) is 6.87. The van der Waals surface area contributed by atoms with E-state index in [0.29, 0.717) is 19.3 Å². The van der Waals surface area contributed by atoms with Crippen molar-refractivity contribution in [2.24, 2.45) is 5.92 Å². The van der Waals surface area contributed by atoms with Gasteiger partial charge in [0.1, 0.15) is 18.8 Å². The van der Waals surface area contributed by atoms with Crippen LogP contribution in [0.2, 0.25) is 0 Å². The van der Waals surface area contributed by atoms with Gasteiger partial charge in [0, 0.05) is 18.8 Å². The van der Waals surface area contributed by atoms with Crippen LogP contribution in [0.5, 0.6) is 0 Å². The summed E-state index contributed by atoms with van der Waals surface area (Å²) in [6.07, 6.45) is 4.10. The van der Waals surface area contributed by atoms with Gasteiger partial charge >= 0.3 is 6.09 Å². The summed E-state index contributed by atoms with van der Waals surface area (Å²) >= 11 is 0. The fourth-order valence-electron chi connectivity index (χ4n) is 5.07. The smallest absolute Gasteiger partial charge is 0.414 e. The van der Waals surface area contributed by atoms with E-state index < -0.39 is 21.8 Å². The number of hydrogen-bond acceptors (Lipinski definition) is 6. The maximum Gasteiger partial charge on any atom is 0.414 e. The second-order valence-electron chi connectivity index (χ2n) is 9.10. The van der Waals surface area contributed by atoms with Gasteiger partial charge in [0.2, 0.25) is 15.9 Å².